The van der Waals surface area contributed by atoms with Crippen molar-refractivity contribution >= 4 is 28.4 Å². The molecular weight excluding hydrogens is 316 g/mol. The van der Waals surface area contributed by atoms with Gasteiger partial charge in [0.25, 0.3) is 0 Å². The van der Waals surface area contributed by atoms with Crippen LogP contribution in [-0.4, -0.2) is 23.0 Å². The molecule has 2 aromatic heterocycles. The van der Waals surface area contributed by atoms with Gasteiger partial charge in [-0.05, 0) is 31.2 Å². The highest BCUT2D eigenvalue weighted by atomic mass is 19.2. The van der Waals surface area contributed by atoms with E-state index in [0.717, 1.165) is 17.8 Å². The van der Waals surface area contributed by atoms with Crippen LogP contribution in [0.3, 0.4) is 0 Å². The number of halogens is 2. The molecule has 0 spiro atoms. The molecule has 0 radical (unpaired) electrons. The number of nitrogens with zero attached hydrogens (tertiary/aromatic N) is 2. The first-order chi connectivity index (χ1) is 11.5. The molecule has 0 aliphatic heterocycles. The zero-order valence-electron chi connectivity index (χ0n) is 12.9. The first-order valence-corrected chi connectivity index (χ1v) is 7.06. The maximum absolute atomic E-state index is 13.4. The predicted molar refractivity (Wildman–Crippen MR) is 85.3 cm³/mol. The maximum Gasteiger partial charge on any atom is 0.341 e. The summed E-state index contributed by atoms with van der Waals surface area (Å²) in [5.41, 5.74) is 2.00. The number of hydrogen-bond acceptors (Lipinski definition) is 5. The van der Waals surface area contributed by atoms with Crippen molar-refractivity contribution < 1.29 is 18.3 Å². The quantitative estimate of drug-likeness (QED) is 0.742. The van der Waals surface area contributed by atoms with E-state index >= 15 is 0 Å². The Morgan fingerprint density at radius 1 is 1.17 bits per heavy atom. The van der Waals surface area contributed by atoms with Crippen molar-refractivity contribution in [1.29, 1.82) is 0 Å². The lowest BCUT2D eigenvalue weighted by molar-refractivity contribution is 0.0601. The Hall–Kier alpha value is -3.09. The summed E-state index contributed by atoms with van der Waals surface area (Å²) in [7, 11) is 1.25. The van der Waals surface area contributed by atoms with E-state index < -0.39 is 17.6 Å². The number of fused-ring (bicyclic) bond motifs is 1. The standard InChI is InChI=1S/C17H13F2N3O2/c1-9-3-5-11-15(22-10-4-6-13(18)14(19)7-10)12(17(23)24-2)8-20-16(11)21-9/h3-8H,1-2H3,(H,20,21,22). The average Bonchev–Trinajstić information content (AvgIpc) is 2.57. The van der Waals surface area contributed by atoms with Crippen LogP contribution in [0.5, 0.6) is 0 Å². The predicted octanol–water partition coefficient (Wildman–Crippen LogP) is 3.75. The second-order valence-electron chi connectivity index (χ2n) is 5.12. The van der Waals surface area contributed by atoms with Crippen molar-refractivity contribution in [3.63, 3.8) is 0 Å². The van der Waals surface area contributed by atoms with Crippen LogP contribution in [0.2, 0.25) is 0 Å². The molecule has 1 N–H and O–H groups in total. The van der Waals surface area contributed by atoms with Gasteiger partial charge < -0.3 is 10.1 Å². The summed E-state index contributed by atoms with van der Waals surface area (Å²) < 4.78 is 31.3. The molecule has 0 aliphatic rings. The molecule has 3 rings (SSSR count). The number of ether oxygens (including phenoxy) is 1. The Balaban J connectivity index is 2.18. The van der Waals surface area contributed by atoms with Gasteiger partial charge in [0, 0.05) is 29.0 Å². The molecule has 24 heavy (non-hydrogen) atoms. The molecule has 3 aromatic rings. The minimum atomic E-state index is -0.994. The molecule has 5 nitrogen and oxygen atoms in total. The third-order valence-corrected chi connectivity index (χ3v) is 3.46. The van der Waals surface area contributed by atoms with Gasteiger partial charge in [0.2, 0.25) is 0 Å². The summed E-state index contributed by atoms with van der Waals surface area (Å²) in [5.74, 6) is -2.55. The van der Waals surface area contributed by atoms with Crippen LogP contribution < -0.4 is 5.32 Å². The lowest BCUT2D eigenvalue weighted by atomic mass is 10.1. The topological polar surface area (TPSA) is 64.1 Å². The number of esters is 1. The van der Waals surface area contributed by atoms with Crippen LogP contribution in [0.4, 0.5) is 20.2 Å². The summed E-state index contributed by atoms with van der Waals surface area (Å²) in [6, 6.07) is 6.89. The number of pyridine rings is 2. The molecule has 0 atom stereocenters. The van der Waals surface area contributed by atoms with Crippen molar-refractivity contribution in [1.82, 2.24) is 9.97 Å². The van der Waals surface area contributed by atoms with E-state index in [1.165, 1.54) is 19.4 Å². The van der Waals surface area contributed by atoms with Crippen LogP contribution in [-0.2, 0) is 4.74 Å². The molecule has 0 saturated carbocycles. The minimum Gasteiger partial charge on any atom is -0.465 e. The van der Waals surface area contributed by atoms with Crippen molar-refractivity contribution in [2.45, 2.75) is 6.92 Å². The number of benzene rings is 1. The number of carbonyl (C=O) groups excluding carboxylic acids is 1. The van der Waals surface area contributed by atoms with Gasteiger partial charge in [-0.25, -0.2) is 23.5 Å². The van der Waals surface area contributed by atoms with Gasteiger partial charge in [-0.15, -0.1) is 0 Å². The van der Waals surface area contributed by atoms with E-state index in [1.807, 2.05) is 6.92 Å². The summed E-state index contributed by atoms with van der Waals surface area (Å²) in [5, 5.41) is 3.49. The van der Waals surface area contributed by atoms with Crippen LogP contribution in [0.25, 0.3) is 11.0 Å². The number of aromatic nitrogens is 2. The van der Waals surface area contributed by atoms with Gasteiger partial charge in [-0.3, -0.25) is 0 Å². The van der Waals surface area contributed by atoms with E-state index in [9.17, 15) is 13.6 Å². The van der Waals surface area contributed by atoms with E-state index in [2.05, 4.69) is 15.3 Å². The first-order valence-electron chi connectivity index (χ1n) is 7.06. The largest absolute Gasteiger partial charge is 0.465 e. The summed E-state index contributed by atoms with van der Waals surface area (Å²) in [6.07, 6.45) is 1.34. The normalized spacial score (nSPS) is 10.7. The number of aryl methyl sites for hydroxylation is 1. The molecule has 0 fully saturated rings. The lowest BCUT2D eigenvalue weighted by Crippen LogP contribution is -2.08. The zero-order valence-corrected chi connectivity index (χ0v) is 12.9. The molecule has 7 heteroatoms. The van der Waals surface area contributed by atoms with Crippen LogP contribution in [0.15, 0.2) is 36.5 Å². The van der Waals surface area contributed by atoms with Gasteiger partial charge in [0.1, 0.15) is 5.56 Å². The van der Waals surface area contributed by atoms with Crippen molar-refractivity contribution in [3.05, 3.63) is 59.4 Å². The number of methoxy groups -OCH3 is 1. The number of nitrogens with one attached hydrogen (secondary N) is 1. The highest BCUT2D eigenvalue weighted by Gasteiger charge is 2.17. The van der Waals surface area contributed by atoms with Crippen LogP contribution in [0.1, 0.15) is 16.1 Å². The third kappa shape index (κ3) is 2.88. The highest BCUT2D eigenvalue weighted by molar-refractivity contribution is 6.05. The molecule has 0 bridgehead atoms. The number of carbonyl (C=O) groups is 1. The van der Waals surface area contributed by atoms with Crippen molar-refractivity contribution in [3.8, 4) is 0 Å². The monoisotopic (exact) mass is 329 g/mol. The number of anilines is 2. The molecule has 0 amide bonds. The van der Waals surface area contributed by atoms with Gasteiger partial charge in [-0.2, -0.15) is 0 Å². The summed E-state index contributed by atoms with van der Waals surface area (Å²) in [6.45, 7) is 1.82. The zero-order chi connectivity index (χ0) is 17.3. The Kier molecular flexibility index (Phi) is 4.07. The van der Waals surface area contributed by atoms with E-state index in [4.69, 9.17) is 4.74 Å². The smallest absolute Gasteiger partial charge is 0.341 e. The number of rotatable bonds is 3. The van der Waals surface area contributed by atoms with Crippen molar-refractivity contribution in [2.75, 3.05) is 12.4 Å². The second kappa shape index (κ2) is 6.19. The Morgan fingerprint density at radius 3 is 2.67 bits per heavy atom. The van der Waals surface area contributed by atoms with E-state index in [-0.39, 0.29) is 11.3 Å². The SMILES string of the molecule is COC(=O)c1cnc2nc(C)ccc2c1Nc1ccc(F)c(F)c1. The molecule has 0 saturated heterocycles. The van der Waals surface area contributed by atoms with E-state index in [1.54, 1.807) is 12.1 Å². The first kappa shape index (κ1) is 15.8. The molecule has 0 aliphatic carbocycles. The van der Waals surface area contributed by atoms with Crippen LogP contribution >= 0.6 is 0 Å². The van der Waals surface area contributed by atoms with Crippen molar-refractivity contribution in [2.24, 2.45) is 0 Å². The molecule has 0 unspecified atom stereocenters. The molecule has 1 aromatic carbocycles. The molecule has 122 valence electrons. The van der Waals surface area contributed by atoms with Gasteiger partial charge in [-0.1, -0.05) is 0 Å². The van der Waals surface area contributed by atoms with E-state index in [0.29, 0.717) is 16.7 Å². The fourth-order valence-corrected chi connectivity index (χ4v) is 2.29. The lowest BCUT2D eigenvalue weighted by Gasteiger charge is -2.13. The fraction of sp³-hybridized carbons (Fsp3) is 0.118. The summed E-state index contributed by atoms with van der Waals surface area (Å²) >= 11 is 0. The summed E-state index contributed by atoms with van der Waals surface area (Å²) in [4.78, 5) is 20.5. The Bertz CT molecular complexity index is 945. The van der Waals surface area contributed by atoms with Gasteiger partial charge in [0.05, 0.1) is 12.8 Å². The number of hydrogen-bond donors (Lipinski definition) is 1. The Labute approximate surface area is 136 Å². The van der Waals surface area contributed by atoms with Gasteiger partial charge >= 0.3 is 5.97 Å². The molecular formula is C17H13F2N3O2. The maximum atomic E-state index is 13.4. The average molecular weight is 329 g/mol. The second-order valence-corrected chi connectivity index (χ2v) is 5.12. The van der Waals surface area contributed by atoms with Crippen LogP contribution in [0, 0.1) is 18.6 Å². The molecule has 2 heterocycles. The highest BCUT2D eigenvalue weighted by Crippen LogP contribution is 2.29. The fourth-order valence-electron chi connectivity index (χ4n) is 2.29. The minimum absolute atomic E-state index is 0.167. The van der Waals surface area contributed by atoms with Gasteiger partial charge in [0.15, 0.2) is 17.3 Å². The third-order valence-electron chi connectivity index (χ3n) is 3.46. The Morgan fingerprint density at radius 2 is 1.96 bits per heavy atom.